The van der Waals surface area contributed by atoms with Crippen molar-refractivity contribution >= 4 is 6.03 Å². The van der Waals surface area contributed by atoms with Crippen LogP contribution in [0.15, 0.2) is 0 Å². The summed E-state index contributed by atoms with van der Waals surface area (Å²) >= 11 is 0. The highest BCUT2D eigenvalue weighted by molar-refractivity contribution is 5.74. The SMILES string of the molecule is CNC(=O)N1CCC(F)C1. The van der Waals surface area contributed by atoms with E-state index in [1.165, 1.54) is 4.90 Å². The minimum atomic E-state index is -0.822. The molecule has 4 heteroatoms. The Morgan fingerprint density at radius 2 is 2.50 bits per heavy atom. The highest BCUT2D eigenvalue weighted by Gasteiger charge is 2.24. The maximum absolute atomic E-state index is 12.4. The van der Waals surface area contributed by atoms with Crippen molar-refractivity contribution in [3.63, 3.8) is 0 Å². The van der Waals surface area contributed by atoms with Gasteiger partial charge in [-0.3, -0.25) is 0 Å². The van der Waals surface area contributed by atoms with E-state index in [0.29, 0.717) is 13.0 Å². The van der Waals surface area contributed by atoms with Gasteiger partial charge in [-0.1, -0.05) is 0 Å². The summed E-state index contributed by atoms with van der Waals surface area (Å²) in [5.74, 6) is 0. The molecule has 0 aromatic heterocycles. The first-order valence-corrected chi connectivity index (χ1v) is 3.34. The van der Waals surface area contributed by atoms with Crippen molar-refractivity contribution in [1.82, 2.24) is 10.2 Å². The maximum atomic E-state index is 12.4. The van der Waals surface area contributed by atoms with Crippen LogP contribution in [0.25, 0.3) is 0 Å². The predicted molar refractivity (Wildman–Crippen MR) is 35.5 cm³/mol. The summed E-state index contributed by atoms with van der Waals surface area (Å²) in [4.78, 5) is 12.3. The van der Waals surface area contributed by atoms with Gasteiger partial charge in [-0.15, -0.1) is 0 Å². The molecule has 3 nitrogen and oxygen atoms in total. The minimum absolute atomic E-state index is 0.180. The number of likely N-dealkylation sites (tertiary alicyclic amines) is 1. The van der Waals surface area contributed by atoms with Gasteiger partial charge in [0.05, 0.1) is 6.54 Å². The van der Waals surface area contributed by atoms with E-state index in [4.69, 9.17) is 0 Å². The highest BCUT2D eigenvalue weighted by atomic mass is 19.1. The molecular formula is C6H11FN2O. The van der Waals surface area contributed by atoms with Crippen LogP contribution in [0.4, 0.5) is 9.18 Å². The van der Waals surface area contributed by atoms with Crippen molar-refractivity contribution in [2.45, 2.75) is 12.6 Å². The van der Waals surface area contributed by atoms with E-state index in [1.807, 2.05) is 0 Å². The van der Waals surface area contributed by atoms with Gasteiger partial charge in [-0.25, -0.2) is 9.18 Å². The first-order valence-electron chi connectivity index (χ1n) is 3.34. The molecule has 10 heavy (non-hydrogen) atoms. The zero-order valence-electron chi connectivity index (χ0n) is 5.93. The van der Waals surface area contributed by atoms with Crippen LogP contribution in [-0.4, -0.2) is 37.2 Å². The lowest BCUT2D eigenvalue weighted by molar-refractivity contribution is 0.206. The number of carbonyl (C=O) groups excluding carboxylic acids is 1. The molecule has 0 aliphatic carbocycles. The molecule has 1 rings (SSSR count). The first-order chi connectivity index (χ1) is 4.74. The molecule has 0 aromatic carbocycles. The van der Waals surface area contributed by atoms with E-state index in [0.717, 1.165) is 0 Å². The van der Waals surface area contributed by atoms with Crippen molar-refractivity contribution in [2.75, 3.05) is 20.1 Å². The quantitative estimate of drug-likeness (QED) is 0.526. The molecule has 1 fully saturated rings. The van der Waals surface area contributed by atoms with Crippen LogP contribution in [0.5, 0.6) is 0 Å². The van der Waals surface area contributed by atoms with Gasteiger partial charge < -0.3 is 10.2 Å². The molecule has 1 heterocycles. The van der Waals surface area contributed by atoms with Gasteiger partial charge in [-0.05, 0) is 6.42 Å². The number of halogens is 1. The molecular weight excluding hydrogens is 135 g/mol. The maximum Gasteiger partial charge on any atom is 0.317 e. The average Bonchev–Trinajstić information content (AvgIpc) is 2.34. The molecule has 1 unspecified atom stereocenters. The molecule has 0 spiro atoms. The number of carbonyl (C=O) groups is 1. The molecule has 0 aromatic rings. The number of rotatable bonds is 0. The van der Waals surface area contributed by atoms with E-state index in [2.05, 4.69) is 5.32 Å². The number of alkyl halides is 1. The first kappa shape index (κ1) is 7.31. The van der Waals surface area contributed by atoms with Gasteiger partial charge in [0, 0.05) is 13.6 Å². The van der Waals surface area contributed by atoms with Crippen LogP contribution in [0.2, 0.25) is 0 Å². The summed E-state index contributed by atoms with van der Waals surface area (Å²) in [6.45, 7) is 0.792. The Bertz CT molecular complexity index is 140. The topological polar surface area (TPSA) is 32.3 Å². The number of nitrogens with one attached hydrogen (secondary N) is 1. The second-order valence-corrected chi connectivity index (χ2v) is 2.39. The Morgan fingerprint density at radius 3 is 2.90 bits per heavy atom. The largest absolute Gasteiger partial charge is 0.341 e. The lowest BCUT2D eigenvalue weighted by Crippen LogP contribution is -2.36. The van der Waals surface area contributed by atoms with Crippen molar-refractivity contribution in [3.05, 3.63) is 0 Å². The lowest BCUT2D eigenvalue weighted by Gasteiger charge is -2.13. The Hall–Kier alpha value is -0.800. The molecule has 0 bridgehead atoms. The average molecular weight is 146 g/mol. The van der Waals surface area contributed by atoms with Crippen LogP contribution < -0.4 is 5.32 Å². The van der Waals surface area contributed by atoms with Gasteiger partial charge in [0.1, 0.15) is 6.17 Å². The Labute approximate surface area is 59.2 Å². The third-order valence-electron chi connectivity index (χ3n) is 1.63. The van der Waals surface area contributed by atoms with E-state index < -0.39 is 6.17 Å². The third kappa shape index (κ3) is 1.37. The Morgan fingerprint density at radius 1 is 1.80 bits per heavy atom. The fourth-order valence-corrected chi connectivity index (χ4v) is 1.06. The van der Waals surface area contributed by atoms with Crippen molar-refractivity contribution in [3.8, 4) is 0 Å². The normalized spacial score (nSPS) is 25.0. The Kier molecular flexibility index (Phi) is 2.09. The molecule has 1 atom stereocenters. The van der Waals surface area contributed by atoms with Crippen LogP contribution in [-0.2, 0) is 0 Å². The summed E-state index contributed by atoms with van der Waals surface area (Å²) < 4.78 is 12.4. The van der Waals surface area contributed by atoms with Gasteiger partial charge >= 0.3 is 6.03 Å². The molecule has 1 aliphatic heterocycles. The molecule has 1 N–H and O–H groups in total. The summed E-state index contributed by atoms with van der Waals surface area (Å²) in [6.07, 6.45) is -0.342. The monoisotopic (exact) mass is 146 g/mol. The van der Waals surface area contributed by atoms with E-state index in [1.54, 1.807) is 7.05 Å². The van der Waals surface area contributed by atoms with E-state index >= 15 is 0 Å². The fourth-order valence-electron chi connectivity index (χ4n) is 1.06. The molecule has 58 valence electrons. The summed E-state index contributed by atoms with van der Waals surface area (Å²) in [5.41, 5.74) is 0. The lowest BCUT2D eigenvalue weighted by atomic mass is 10.3. The second kappa shape index (κ2) is 2.86. The number of nitrogens with zero attached hydrogens (tertiary/aromatic N) is 1. The summed E-state index contributed by atoms with van der Waals surface area (Å²) in [5, 5.41) is 2.45. The standard InChI is InChI=1S/C6H11FN2O/c1-8-6(10)9-3-2-5(7)4-9/h5H,2-4H2,1H3,(H,8,10). The molecule has 2 amide bonds. The minimum Gasteiger partial charge on any atom is -0.341 e. The highest BCUT2D eigenvalue weighted by Crippen LogP contribution is 2.11. The second-order valence-electron chi connectivity index (χ2n) is 2.39. The zero-order valence-corrected chi connectivity index (χ0v) is 5.93. The number of amides is 2. The number of hydrogen-bond donors (Lipinski definition) is 1. The van der Waals surface area contributed by atoms with Crippen molar-refractivity contribution in [1.29, 1.82) is 0 Å². The van der Waals surface area contributed by atoms with Crippen molar-refractivity contribution < 1.29 is 9.18 Å². The summed E-state index contributed by atoms with van der Waals surface area (Å²) in [7, 11) is 1.55. The molecule has 1 saturated heterocycles. The van der Waals surface area contributed by atoms with Crippen LogP contribution in [0, 0.1) is 0 Å². The van der Waals surface area contributed by atoms with Gasteiger partial charge in [0.25, 0.3) is 0 Å². The number of hydrogen-bond acceptors (Lipinski definition) is 1. The molecule has 1 aliphatic rings. The summed E-state index contributed by atoms with van der Waals surface area (Å²) in [6, 6.07) is -0.180. The van der Waals surface area contributed by atoms with Gasteiger partial charge in [-0.2, -0.15) is 0 Å². The smallest absolute Gasteiger partial charge is 0.317 e. The molecule has 0 saturated carbocycles. The number of urea groups is 1. The van der Waals surface area contributed by atoms with E-state index in [-0.39, 0.29) is 12.6 Å². The third-order valence-corrected chi connectivity index (χ3v) is 1.63. The fraction of sp³-hybridized carbons (Fsp3) is 0.833. The zero-order chi connectivity index (χ0) is 7.56. The van der Waals surface area contributed by atoms with Crippen LogP contribution >= 0.6 is 0 Å². The van der Waals surface area contributed by atoms with Crippen LogP contribution in [0.3, 0.4) is 0 Å². The van der Waals surface area contributed by atoms with Crippen LogP contribution in [0.1, 0.15) is 6.42 Å². The predicted octanol–water partition coefficient (Wildman–Crippen LogP) is 0.370. The Balaban J connectivity index is 2.37. The van der Waals surface area contributed by atoms with Gasteiger partial charge in [0.2, 0.25) is 0 Å². The van der Waals surface area contributed by atoms with Crippen molar-refractivity contribution in [2.24, 2.45) is 0 Å². The molecule has 0 radical (unpaired) electrons. The van der Waals surface area contributed by atoms with E-state index in [9.17, 15) is 9.18 Å². The van der Waals surface area contributed by atoms with Gasteiger partial charge in [0.15, 0.2) is 0 Å².